The molecule has 1 atom stereocenters. The summed E-state index contributed by atoms with van der Waals surface area (Å²) in [6.45, 7) is 0. The van der Waals surface area contributed by atoms with Crippen LogP contribution in [0.15, 0.2) is 48.5 Å². The molecule has 0 saturated carbocycles. The van der Waals surface area contributed by atoms with Gasteiger partial charge in [-0.15, -0.1) is 0 Å². The first-order chi connectivity index (χ1) is 7.84. The SMILES string of the molecule is Clc1ccc2c(c1)C(c1ccccc1)[CH]C2. The van der Waals surface area contributed by atoms with E-state index in [0.717, 1.165) is 11.4 Å². The van der Waals surface area contributed by atoms with Gasteiger partial charge in [-0.3, -0.25) is 0 Å². The molecular weight excluding hydrogens is 216 g/mol. The van der Waals surface area contributed by atoms with Crippen molar-refractivity contribution in [2.45, 2.75) is 12.3 Å². The third-order valence-electron chi connectivity index (χ3n) is 3.18. The van der Waals surface area contributed by atoms with Crippen molar-refractivity contribution in [3.05, 3.63) is 76.7 Å². The number of benzene rings is 2. The van der Waals surface area contributed by atoms with Crippen molar-refractivity contribution in [2.24, 2.45) is 0 Å². The second-order valence-electron chi connectivity index (χ2n) is 4.17. The summed E-state index contributed by atoms with van der Waals surface area (Å²) in [5.74, 6) is 0.412. The zero-order chi connectivity index (χ0) is 11.0. The Balaban J connectivity index is 2.06. The molecule has 0 amide bonds. The zero-order valence-corrected chi connectivity index (χ0v) is 9.61. The van der Waals surface area contributed by atoms with E-state index in [0.29, 0.717) is 5.92 Å². The van der Waals surface area contributed by atoms with Crippen molar-refractivity contribution in [2.75, 3.05) is 0 Å². The van der Waals surface area contributed by atoms with Crippen LogP contribution in [0.5, 0.6) is 0 Å². The first kappa shape index (κ1) is 9.92. The summed E-state index contributed by atoms with van der Waals surface area (Å²) in [5.41, 5.74) is 4.11. The Morgan fingerprint density at radius 1 is 1.00 bits per heavy atom. The van der Waals surface area contributed by atoms with Crippen LogP contribution in [0.25, 0.3) is 0 Å². The molecule has 2 aromatic rings. The van der Waals surface area contributed by atoms with Crippen LogP contribution in [-0.2, 0) is 6.42 Å². The molecule has 3 rings (SSSR count). The van der Waals surface area contributed by atoms with E-state index < -0.39 is 0 Å². The van der Waals surface area contributed by atoms with Gasteiger partial charge in [-0.25, -0.2) is 0 Å². The van der Waals surface area contributed by atoms with Crippen LogP contribution < -0.4 is 0 Å². The molecule has 0 nitrogen and oxygen atoms in total. The van der Waals surface area contributed by atoms with Gasteiger partial charge in [0.1, 0.15) is 0 Å². The molecule has 1 aliphatic rings. The van der Waals surface area contributed by atoms with E-state index in [1.165, 1.54) is 16.7 Å². The Bertz CT molecular complexity index is 502. The quantitative estimate of drug-likeness (QED) is 0.684. The number of hydrogen-bond acceptors (Lipinski definition) is 0. The average Bonchev–Trinajstić information content (AvgIpc) is 2.73. The van der Waals surface area contributed by atoms with Crippen LogP contribution in [0.2, 0.25) is 5.02 Å². The molecule has 0 aromatic heterocycles. The number of fused-ring (bicyclic) bond motifs is 1. The van der Waals surface area contributed by atoms with Gasteiger partial charge in [-0.1, -0.05) is 48.0 Å². The number of rotatable bonds is 1. The van der Waals surface area contributed by atoms with Gasteiger partial charge in [0.25, 0.3) is 0 Å². The highest BCUT2D eigenvalue weighted by Crippen LogP contribution is 2.38. The van der Waals surface area contributed by atoms with E-state index in [-0.39, 0.29) is 0 Å². The molecule has 16 heavy (non-hydrogen) atoms. The van der Waals surface area contributed by atoms with Crippen molar-refractivity contribution < 1.29 is 0 Å². The van der Waals surface area contributed by atoms with Crippen molar-refractivity contribution in [3.63, 3.8) is 0 Å². The van der Waals surface area contributed by atoms with E-state index in [1.807, 2.05) is 6.07 Å². The average molecular weight is 228 g/mol. The predicted molar refractivity (Wildman–Crippen MR) is 67.7 cm³/mol. The van der Waals surface area contributed by atoms with Gasteiger partial charge in [0.05, 0.1) is 0 Å². The monoisotopic (exact) mass is 227 g/mol. The van der Waals surface area contributed by atoms with Crippen LogP contribution in [-0.4, -0.2) is 0 Å². The maximum atomic E-state index is 6.06. The summed E-state index contributed by atoms with van der Waals surface area (Å²) in [7, 11) is 0. The minimum absolute atomic E-state index is 0.412. The summed E-state index contributed by atoms with van der Waals surface area (Å²) < 4.78 is 0. The lowest BCUT2D eigenvalue weighted by molar-refractivity contribution is 0.974. The second kappa shape index (κ2) is 3.95. The highest BCUT2D eigenvalue weighted by atomic mass is 35.5. The summed E-state index contributed by atoms with van der Waals surface area (Å²) in [5, 5.41) is 0.829. The molecule has 1 radical (unpaired) electrons. The van der Waals surface area contributed by atoms with Crippen LogP contribution >= 0.6 is 11.6 Å². The first-order valence-electron chi connectivity index (χ1n) is 5.51. The van der Waals surface area contributed by atoms with E-state index in [2.05, 4.69) is 48.9 Å². The smallest absolute Gasteiger partial charge is 0.0409 e. The fourth-order valence-corrected chi connectivity index (χ4v) is 2.57. The minimum Gasteiger partial charge on any atom is -0.0843 e. The fourth-order valence-electron chi connectivity index (χ4n) is 2.39. The third-order valence-corrected chi connectivity index (χ3v) is 3.41. The lowest BCUT2D eigenvalue weighted by Gasteiger charge is -2.11. The van der Waals surface area contributed by atoms with Crippen molar-refractivity contribution in [1.82, 2.24) is 0 Å². The van der Waals surface area contributed by atoms with Crippen molar-refractivity contribution >= 4 is 11.6 Å². The first-order valence-corrected chi connectivity index (χ1v) is 5.89. The number of hydrogen-bond donors (Lipinski definition) is 0. The lowest BCUT2D eigenvalue weighted by atomic mass is 9.93. The maximum absolute atomic E-state index is 6.06. The summed E-state index contributed by atoms with van der Waals surface area (Å²) in [4.78, 5) is 0. The molecule has 0 fully saturated rings. The predicted octanol–water partition coefficient (Wildman–Crippen LogP) is 4.23. The standard InChI is InChI=1S/C15H12Cl/c16-13-8-6-12-7-9-14(15(12)10-13)11-4-2-1-3-5-11/h1-6,8-10,14H,7H2. The Kier molecular flexibility index (Phi) is 2.45. The van der Waals surface area contributed by atoms with Gasteiger partial charge in [0.2, 0.25) is 0 Å². The molecule has 0 N–H and O–H groups in total. The molecule has 0 spiro atoms. The largest absolute Gasteiger partial charge is 0.0843 e. The van der Waals surface area contributed by atoms with Gasteiger partial charge in [0.15, 0.2) is 0 Å². The zero-order valence-electron chi connectivity index (χ0n) is 8.86. The highest BCUT2D eigenvalue weighted by Gasteiger charge is 2.23. The van der Waals surface area contributed by atoms with Gasteiger partial charge in [0, 0.05) is 10.9 Å². The van der Waals surface area contributed by atoms with E-state index in [1.54, 1.807) is 0 Å². The van der Waals surface area contributed by atoms with Crippen LogP contribution in [0.3, 0.4) is 0 Å². The van der Waals surface area contributed by atoms with Gasteiger partial charge >= 0.3 is 0 Å². The van der Waals surface area contributed by atoms with Gasteiger partial charge < -0.3 is 0 Å². The molecular formula is C15H12Cl. The Morgan fingerprint density at radius 2 is 1.81 bits per heavy atom. The molecule has 0 heterocycles. The fraction of sp³-hybridized carbons (Fsp3) is 0.133. The molecule has 0 bridgehead atoms. The van der Waals surface area contributed by atoms with E-state index in [4.69, 9.17) is 11.6 Å². The lowest BCUT2D eigenvalue weighted by Crippen LogP contribution is -1.95. The molecule has 1 aliphatic carbocycles. The van der Waals surface area contributed by atoms with Crippen LogP contribution in [0, 0.1) is 6.42 Å². The molecule has 79 valence electrons. The van der Waals surface area contributed by atoms with Gasteiger partial charge in [-0.05, 0) is 41.7 Å². The maximum Gasteiger partial charge on any atom is 0.0409 e. The van der Waals surface area contributed by atoms with Crippen LogP contribution in [0.4, 0.5) is 0 Å². The van der Waals surface area contributed by atoms with E-state index in [9.17, 15) is 0 Å². The third kappa shape index (κ3) is 1.64. The molecule has 0 aliphatic heterocycles. The molecule has 1 heteroatoms. The highest BCUT2D eigenvalue weighted by molar-refractivity contribution is 6.30. The number of halogens is 1. The summed E-state index contributed by atoms with van der Waals surface area (Å²) >= 11 is 6.06. The Morgan fingerprint density at radius 3 is 2.62 bits per heavy atom. The summed E-state index contributed by atoms with van der Waals surface area (Å²) in [6, 6.07) is 16.8. The molecule has 1 unspecified atom stereocenters. The Labute approximate surface area is 101 Å². The molecule has 0 saturated heterocycles. The second-order valence-corrected chi connectivity index (χ2v) is 4.61. The van der Waals surface area contributed by atoms with Crippen molar-refractivity contribution in [3.8, 4) is 0 Å². The topological polar surface area (TPSA) is 0 Å². The minimum atomic E-state index is 0.412. The van der Waals surface area contributed by atoms with Crippen LogP contribution in [0.1, 0.15) is 22.6 Å². The molecule has 2 aromatic carbocycles. The van der Waals surface area contributed by atoms with Crippen molar-refractivity contribution in [1.29, 1.82) is 0 Å². The Hall–Kier alpha value is -1.27. The van der Waals surface area contributed by atoms with Gasteiger partial charge in [-0.2, -0.15) is 0 Å². The van der Waals surface area contributed by atoms with E-state index >= 15 is 0 Å². The normalized spacial score (nSPS) is 18.4. The summed E-state index contributed by atoms with van der Waals surface area (Å²) in [6.07, 6.45) is 3.41.